The van der Waals surface area contributed by atoms with E-state index >= 15 is 0 Å². The summed E-state index contributed by atoms with van der Waals surface area (Å²) in [6, 6.07) is 2.08. The zero-order valence-corrected chi connectivity index (χ0v) is 13.5. The van der Waals surface area contributed by atoms with Crippen LogP contribution in [0.25, 0.3) is 0 Å². The molecule has 3 heteroatoms. The average Bonchev–Trinajstić information content (AvgIpc) is 3.23. The van der Waals surface area contributed by atoms with Crippen molar-refractivity contribution in [3.8, 4) is 0 Å². The van der Waals surface area contributed by atoms with E-state index in [-0.39, 0.29) is 0 Å². The second-order valence-electron chi connectivity index (χ2n) is 7.19. The lowest BCUT2D eigenvalue weighted by molar-refractivity contribution is 0.00554. The molecule has 1 N–H and O–H groups in total. The second kappa shape index (κ2) is 6.33. The predicted octanol–water partition coefficient (Wildman–Crippen LogP) is 2.65. The molecule has 5 unspecified atom stereocenters. The van der Waals surface area contributed by atoms with Crippen LogP contribution in [-0.2, 0) is 4.74 Å². The SMILES string of the molecule is CCC(C)C1CN(C2CCOC2C2CC2)C(CC)CN1. The quantitative estimate of drug-likeness (QED) is 0.838. The summed E-state index contributed by atoms with van der Waals surface area (Å²) in [4.78, 5) is 2.82. The van der Waals surface area contributed by atoms with Crippen molar-refractivity contribution < 1.29 is 4.74 Å². The molecule has 5 atom stereocenters. The van der Waals surface area contributed by atoms with Gasteiger partial charge in [-0.05, 0) is 37.5 Å². The van der Waals surface area contributed by atoms with Crippen molar-refractivity contribution in [2.45, 2.75) is 77.1 Å². The van der Waals surface area contributed by atoms with Crippen molar-refractivity contribution in [3.05, 3.63) is 0 Å². The van der Waals surface area contributed by atoms with Crippen LogP contribution in [0.4, 0.5) is 0 Å². The van der Waals surface area contributed by atoms with Gasteiger partial charge in [0.1, 0.15) is 0 Å². The molecule has 0 radical (unpaired) electrons. The van der Waals surface area contributed by atoms with Crippen LogP contribution in [0.1, 0.15) is 52.9 Å². The highest BCUT2D eigenvalue weighted by Crippen LogP contribution is 2.41. The third-order valence-electron chi connectivity index (χ3n) is 5.91. The Balaban J connectivity index is 1.69. The largest absolute Gasteiger partial charge is 0.376 e. The summed E-state index contributed by atoms with van der Waals surface area (Å²) in [6.07, 6.45) is 7.13. The molecule has 2 heterocycles. The van der Waals surface area contributed by atoms with Crippen LogP contribution in [0.2, 0.25) is 0 Å². The Labute approximate surface area is 124 Å². The molecule has 0 aromatic carbocycles. The van der Waals surface area contributed by atoms with E-state index in [4.69, 9.17) is 4.74 Å². The summed E-state index contributed by atoms with van der Waals surface area (Å²) in [5.74, 6) is 1.65. The molecule has 2 aliphatic heterocycles. The lowest BCUT2D eigenvalue weighted by Crippen LogP contribution is -2.62. The molecule has 20 heavy (non-hydrogen) atoms. The molecule has 0 aromatic rings. The van der Waals surface area contributed by atoms with Crippen LogP contribution in [0, 0.1) is 11.8 Å². The summed E-state index contributed by atoms with van der Waals surface area (Å²) < 4.78 is 6.10. The van der Waals surface area contributed by atoms with Gasteiger partial charge in [-0.25, -0.2) is 0 Å². The molecule has 116 valence electrons. The van der Waals surface area contributed by atoms with Gasteiger partial charge in [-0.1, -0.05) is 27.2 Å². The van der Waals surface area contributed by atoms with Crippen LogP contribution in [-0.4, -0.2) is 48.8 Å². The van der Waals surface area contributed by atoms with Gasteiger partial charge in [-0.15, -0.1) is 0 Å². The first-order valence-electron chi connectivity index (χ1n) is 8.85. The molecule has 3 rings (SSSR count). The Morgan fingerprint density at radius 2 is 2.05 bits per heavy atom. The first kappa shape index (κ1) is 14.8. The summed E-state index contributed by atoms with van der Waals surface area (Å²) in [5.41, 5.74) is 0. The molecule has 0 amide bonds. The number of ether oxygens (including phenoxy) is 1. The first-order chi connectivity index (χ1) is 9.74. The van der Waals surface area contributed by atoms with Crippen molar-refractivity contribution in [2.75, 3.05) is 19.7 Å². The maximum Gasteiger partial charge on any atom is 0.0759 e. The summed E-state index contributed by atoms with van der Waals surface area (Å²) >= 11 is 0. The first-order valence-corrected chi connectivity index (χ1v) is 8.85. The van der Waals surface area contributed by atoms with Crippen LogP contribution in [0.15, 0.2) is 0 Å². The molecule has 3 aliphatic rings. The van der Waals surface area contributed by atoms with E-state index in [0.29, 0.717) is 24.2 Å². The molecule has 0 spiro atoms. The molecule has 1 saturated carbocycles. The van der Waals surface area contributed by atoms with E-state index in [9.17, 15) is 0 Å². The molecule has 1 aliphatic carbocycles. The minimum Gasteiger partial charge on any atom is -0.376 e. The van der Waals surface area contributed by atoms with Crippen molar-refractivity contribution in [3.63, 3.8) is 0 Å². The Morgan fingerprint density at radius 3 is 2.70 bits per heavy atom. The van der Waals surface area contributed by atoms with Crippen LogP contribution < -0.4 is 5.32 Å². The molecular weight excluding hydrogens is 248 g/mol. The van der Waals surface area contributed by atoms with Gasteiger partial charge in [-0.3, -0.25) is 4.90 Å². The third kappa shape index (κ3) is 2.90. The van der Waals surface area contributed by atoms with Crippen molar-refractivity contribution in [1.82, 2.24) is 10.2 Å². The van der Waals surface area contributed by atoms with Crippen molar-refractivity contribution in [2.24, 2.45) is 11.8 Å². The lowest BCUT2D eigenvalue weighted by atomic mass is 9.92. The second-order valence-corrected chi connectivity index (χ2v) is 7.19. The number of nitrogens with one attached hydrogen (secondary N) is 1. The molecular formula is C17H32N2O. The maximum absolute atomic E-state index is 6.10. The number of piperazine rings is 1. The fourth-order valence-corrected chi connectivity index (χ4v) is 4.13. The summed E-state index contributed by atoms with van der Waals surface area (Å²) in [5, 5.41) is 3.80. The molecule has 3 nitrogen and oxygen atoms in total. The number of hydrogen-bond acceptors (Lipinski definition) is 3. The van der Waals surface area contributed by atoms with Gasteiger partial charge >= 0.3 is 0 Å². The standard InChI is InChI=1S/C17H32N2O/c1-4-12(3)15-11-19(14(5-2)10-18-15)16-8-9-20-17(16)13-6-7-13/h12-18H,4-11H2,1-3H3. The van der Waals surface area contributed by atoms with E-state index in [1.54, 1.807) is 0 Å². The Kier molecular flexibility index (Phi) is 4.68. The molecule has 0 aromatic heterocycles. The molecule has 2 saturated heterocycles. The van der Waals surface area contributed by atoms with Crippen molar-refractivity contribution >= 4 is 0 Å². The minimum absolute atomic E-state index is 0.541. The minimum atomic E-state index is 0.541. The zero-order valence-electron chi connectivity index (χ0n) is 13.5. The maximum atomic E-state index is 6.10. The average molecular weight is 280 g/mol. The van der Waals surface area contributed by atoms with E-state index < -0.39 is 0 Å². The molecule has 0 bridgehead atoms. The number of hydrogen-bond donors (Lipinski definition) is 1. The van der Waals surface area contributed by atoms with Gasteiger partial charge < -0.3 is 10.1 Å². The van der Waals surface area contributed by atoms with Crippen molar-refractivity contribution in [1.29, 1.82) is 0 Å². The summed E-state index contributed by atoms with van der Waals surface area (Å²) in [7, 11) is 0. The molecule has 3 fully saturated rings. The Hall–Kier alpha value is -0.120. The highest BCUT2D eigenvalue weighted by Gasteiger charge is 2.45. The van der Waals surface area contributed by atoms with Crippen LogP contribution in [0.5, 0.6) is 0 Å². The fraction of sp³-hybridized carbons (Fsp3) is 1.00. The van der Waals surface area contributed by atoms with E-state index in [0.717, 1.165) is 18.4 Å². The van der Waals surface area contributed by atoms with Gasteiger partial charge in [0, 0.05) is 37.8 Å². The van der Waals surface area contributed by atoms with Gasteiger partial charge in [0.15, 0.2) is 0 Å². The Bertz CT molecular complexity index is 318. The topological polar surface area (TPSA) is 24.5 Å². The van der Waals surface area contributed by atoms with Gasteiger partial charge in [0.25, 0.3) is 0 Å². The Morgan fingerprint density at radius 1 is 1.25 bits per heavy atom. The number of nitrogens with zero attached hydrogens (tertiary/aromatic N) is 1. The van der Waals surface area contributed by atoms with Gasteiger partial charge in [0.05, 0.1) is 6.10 Å². The smallest absolute Gasteiger partial charge is 0.0759 e. The van der Waals surface area contributed by atoms with Gasteiger partial charge in [0.2, 0.25) is 0 Å². The highest BCUT2D eigenvalue weighted by molar-refractivity contribution is 4.99. The highest BCUT2D eigenvalue weighted by atomic mass is 16.5. The van der Waals surface area contributed by atoms with E-state index in [1.165, 1.54) is 45.2 Å². The van der Waals surface area contributed by atoms with Crippen LogP contribution >= 0.6 is 0 Å². The van der Waals surface area contributed by atoms with Gasteiger partial charge in [-0.2, -0.15) is 0 Å². The normalized spacial score (nSPS) is 41.0. The lowest BCUT2D eigenvalue weighted by Gasteiger charge is -2.46. The van der Waals surface area contributed by atoms with E-state index in [2.05, 4.69) is 31.0 Å². The third-order valence-corrected chi connectivity index (χ3v) is 5.91. The predicted molar refractivity (Wildman–Crippen MR) is 82.9 cm³/mol. The monoisotopic (exact) mass is 280 g/mol. The number of rotatable bonds is 5. The summed E-state index contributed by atoms with van der Waals surface area (Å²) in [6.45, 7) is 10.4. The zero-order chi connectivity index (χ0) is 14.1. The van der Waals surface area contributed by atoms with Crippen LogP contribution in [0.3, 0.4) is 0 Å². The van der Waals surface area contributed by atoms with E-state index in [1.807, 2.05) is 0 Å². The fourth-order valence-electron chi connectivity index (χ4n) is 4.13.